The summed E-state index contributed by atoms with van der Waals surface area (Å²) in [7, 11) is 0. The van der Waals surface area contributed by atoms with Gasteiger partial charge in [-0.2, -0.15) is 5.26 Å². The number of carbonyl (C=O) groups is 2. The minimum atomic E-state index is -0.424. The molecule has 3 heterocycles. The summed E-state index contributed by atoms with van der Waals surface area (Å²) in [5.41, 5.74) is 6.01. The molecule has 8 heteroatoms. The number of aromatic nitrogens is 3. The Kier molecular flexibility index (Phi) is 4.75. The van der Waals surface area contributed by atoms with Gasteiger partial charge in [0.2, 0.25) is 5.91 Å². The van der Waals surface area contributed by atoms with Crippen molar-refractivity contribution in [2.24, 2.45) is 5.73 Å². The van der Waals surface area contributed by atoms with Gasteiger partial charge in [-0.1, -0.05) is 0 Å². The molecule has 1 atom stereocenters. The summed E-state index contributed by atoms with van der Waals surface area (Å²) in [6, 6.07) is 5.09. The maximum Gasteiger partial charge on any atom is 0.255 e. The van der Waals surface area contributed by atoms with Gasteiger partial charge in [0.05, 0.1) is 5.56 Å². The van der Waals surface area contributed by atoms with Gasteiger partial charge in [0, 0.05) is 37.6 Å². The van der Waals surface area contributed by atoms with E-state index in [0.717, 1.165) is 18.7 Å². The van der Waals surface area contributed by atoms with Crippen LogP contribution in [0.25, 0.3) is 0 Å². The molecule has 1 saturated heterocycles. The molecule has 0 bridgehead atoms. The summed E-state index contributed by atoms with van der Waals surface area (Å²) < 4.78 is 1.74. The Labute approximate surface area is 144 Å². The minimum absolute atomic E-state index is 0.0541. The summed E-state index contributed by atoms with van der Waals surface area (Å²) in [5, 5.41) is 8.79. The van der Waals surface area contributed by atoms with Crippen LogP contribution in [0.5, 0.6) is 0 Å². The van der Waals surface area contributed by atoms with Crippen LogP contribution in [0.4, 0.5) is 0 Å². The molecule has 0 radical (unpaired) electrons. The van der Waals surface area contributed by atoms with Crippen molar-refractivity contribution in [1.29, 1.82) is 5.26 Å². The van der Waals surface area contributed by atoms with E-state index in [1.165, 1.54) is 12.3 Å². The van der Waals surface area contributed by atoms with Crippen LogP contribution in [-0.4, -0.2) is 44.3 Å². The van der Waals surface area contributed by atoms with E-state index in [1.54, 1.807) is 27.9 Å². The van der Waals surface area contributed by atoms with Crippen molar-refractivity contribution < 1.29 is 9.59 Å². The van der Waals surface area contributed by atoms with Crippen LogP contribution in [0, 0.1) is 11.3 Å². The molecule has 0 spiro atoms. The molecule has 0 aromatic carbocycles. The van der Waals surface area contributed by atoms with Gasteiger partial charge in [-0.15, -0.1) is 0 Å². The van der Waals surface area contributed by atoms with Crippen molar-refractivity contribution in [2.45, 2.75) is 25.3 Å². The molecule has 1 aliphatic heterocycles. The molecule has 0 saturated carbocycles. The zero-order chi connectivity index (χ0) is 17.8. The molecule has 2 N–H and O–H groups in total. The number of hydrogen-bond donors (Lipinski definition) is 1. The second-order valence-electron chi connectivity index (χ2n) is 6.01. The lowest BCUT2D eigenvalue weighted by molar-refractivity contribution is -0.118. The van der Waals surface area contributed by atoms with Gasteiger partial charge in [-0.3, -0.25) is 9.59 Å². The fourth-order valence-electron chi connectivity index (χ4n) is 3.12. The standard InChI is InChI=1S/C17H18N6O2/c18-8-14-4-3-12(9-21-14)17(25)23-6-1-2-13(10-23)16-20-5-7-22(16)11-15(19)24/h3-5,7,9,13H,1-2,6,10-11H2,(H2,19,24)/t13-/m0/s1. The molecule has 128 valence electrons. The molecule has 2 aromatic rings. The van der Waals surface area contributed by atoms with Gasteiger partial charge in [0.1, 0.15) is 24.1 Å². The third kappa shape index (κ3) is 3.66. The maximum atomic E-state index is 12.7. The number of hydrogen-bond acceptors (Lipinski definition) is 5. The molecule has 0 aliphatic carbocycles. The molecule has 1 fully saturated rings. The lowest BCUT2D eigenvalue weighted by atomic mass is 9.96. The zero-order valence-corrected chi connectivity index (χ0v) is 13.6. The second-order valence-corrected chi connectivity index (χ2v) is 6.01. The third-order valence-electron chi connectivity index (χ3n) is 4.27. The Bertz CT molecular complexity index is 820. The number of carbonyl (C=O) groups excluding carboxylic acids is 2. The van der Waals surface area contributed by atoms with E-state index in [-0.39, 0.29) is 24.1 Å². The highest BCUT2D eigenvalue weighted by atomic mass is 16.2. The van der Waals surface area contributed by atoms with Crippen LogP contribution in [-0.2, 0) is 11.3 Å². The van der Waals surface area contributed by atoms with Crippen LogP contribution in [0.2, 0.25) is 0 Å². The zero-order valence-electron chi connectivity index (χ0n) is 13.6. The van der Waals surface area contributed by atoms with Gasteiger partial charge in [0.15, 0.2) is 0 Å². The number of nitrogens with two attached hydrogens (primary N) is 1. The molecule has 25 heavy (non-hydrogen) atoms. The van der Waals surface area contributed by atoms with Crippen molar-refractivity contribution >= 4 is 11.8 Å². The smallest absolute Gasteiger partial charge is 0.255 e. The van der Waals surface area contributed by atoms with Gasteiger partial charge in [0.25, 0.3) is 5.91 Å². The van der Waals surface area contributed by atoms with E-state index in [1.807, 2.05) is 6.07 Å². The average Bonchev–Trinajstić information content (AvgIpc) is 3.08. The predicted molar refractivity (Wildman–Crippen MR) is 88.3 cm³/mol. The first kappa shape index (κ1) is 16.6. The molecular formula is C17H18N6O2. The highest BCUT2D eigenvalue weighted by molar-refractivity contribution is 5.94. The van der Waals surface area contributed by atoms with Crippen LogP contribution in [0.3, 0.4) is 0 Å². The fourth-order valence-corrected chi connectivity index (χ4v) is 3.12. The van der Waals surface area contributed by atoms with Crippen LogP contribution in [0.1, 0.15) is 40.6 Å². The third-order valence-corrected chi connectivity index (χ3v) is 4.27. The number of imidazole rings is 1. The van der Waals surface area contributed by atoms with E-state index in [9.17, 15) is 9.59 Å². The highest BCUT2D eigenvalue weighted by Crippen LogP contribution is 2.26. The normalized spacial score (nSPS) is 17.1. The van der Waals surface area contributed by atoms with Crippen LogP contribution < -0.4 is 5.73 Å². The SMILES string of the molecule is N#Cc1ccc(C(=O)N2CCC[C@H](c3nccn3CC(N)=O)C2)cn1. The first-order valence-electron chi connectivity index (χ1n) is 8.03. The average molecular weight is 338 g/mol. The first-order chi connectivity index (χ1) is 12.1. The topological polar surface area (TPSA) is 118 Å². The number of nitrogens with zero attached hydrogens (tertiary/aromatic N) is 5. The summed E-state index contributed by atoms with van der Waals surface area (Å²) in [4.78, 5) is 33.9. The molecule has 2 aromatic heterocycles. The minimum Gasteiger partial charge on any atom is -0.368 e. The van der Waals surface area contributed by atoms with Crippen LogP contribution >= 0.6 is 0 Å². The summed E-state index contributed by atoms with van der Waals surface area (Å²) in [6.45, 7) is 1.26. The number of pyridine rings is 1. The molecule has 0 unspecified atom stereocenters. The molecule has 3 rings (SSSR count). The van der Waals surface area contributed by atoms with E-state index in [2.05, 4.69) is 9.97 Å². The Morgan fingerprint density at radius 2 is 2.20 bits per heavy atom. The Hall–Kier alpha value is -3.21. The Morgan fingerprint density at radius 1 is 1.36 bits per heavy atom. The first-order valence-corrected chi connectivity index (χ1v) is 8.03. The monoisotopic (exact) mass is 338 g/mol. The van der Waals surface area contributed by atoms with E-state index < -0.39 is 5.91 Å². The summed E-state index contributed by atoms with van der Waals surface area (Å²) >= 11 is 0. The Balaban J connectivity index is 1.74. The van der Waals surface area contributed by atoms with E-state index in [4.69, 9.17) is 11.0 Å². The number of piperidine rings is 1. The summed E-state index contributed by atoms with van der Waals surface area (Å²) in [5.74, 6) is 0.286. The van der Waals surface area contributed by atoms with E-state index >= 15 is 0 Å². The molecule has 8 nitrogen and oxygen atoms in total. The lowest BCUT2D eigenvalue weighted by Gasteiger charge is -2.32. The van der Waals surface area contributed by atoms with Gasteiger partial charge in [-0.05, 0) is 25.0 Å². The van der Waals surface area contributed by atoms with Crippen molar-refractivity contribution in [3.05, 3.63) is 47.8 Å². The quantitative estimate of drug-likeness (QED) is 0.878. The lowest BCUT2D eigenvalue weighted by Crippen LogP contribution is -2.40. The largest absolute Gasteiger partial charge is 0.368 e. The number of likely N-dealkylation sites (tertiary alicyclic amines) is 1. The Morgan fingerprint density at radius 3 is 2.88 bits per heavy atom. The van der Waals surface area contributed by atoms with Crippen molar-refractivity contribution in [3.8, 4) is 6.07 Å². The number of nitriles is 1. The molecular weight excluding hydrogens is 320 g/mol. The van der Waals surface area contributed by atoms with Crippen molar-refractivity contribution in [3.63, 3.8) is 0 Å². The van der Waals surface area contributed by atoms with Crippen molar-refractivity contribution in [2.75, 3.05) is 13.1 Å². The number of amides is 2. The number of primary amides is 1. The maximum absolute atomic E-state index is 12.7. The predicted octanol–water partition coefficient (Wildman–Crippen LogP) is 0.655. The van der Waals surface area contributed by atoms with Crippen LogP contribution in [0.15, 0.2) is 30.7 Å². The highest BCUT2D eigenvalue weighted by Gasteiger charge is 2.28. The van der Waals surface area contributed by atoms with Gasteiger partial charge >= 0.3 is 0 Å². The summed E-state index contributed by atoms with van der Waals surface area (Å²) in [6.07, 6.45) is 6.54. The second kappa shape index (κ2) is 7.13. The number of rotatable bonds is 4. The molecule has 1 aliphatic rings. The van der Waals surface area contributed by atoms with E-state index in [0.29, 0.717) is 18.7 Å². The molecule has 2 amide bonds. The fraction of sp³-hybridized carbons (Fsp3) is 0.353. The van der Waals surface area contributed by atoms with Gasteiger partial charge in [-0.25, -0.2) is 9.97 Å². The van der Waals surface area contributed by atoms with Crippen molar-refractivity contribution in [1.82, 2.24) is 19.4 Å². The van der Waals surface area contributed by atoms with Gasteiger partial charge < -0.3 is 15.2 Å².